The Labute approximate surface area is 283 Å². The fraction of sp³-hybridized carbons (Fsp3) is 0.516. The van der Waals surface area contributed by atoms with Crippen molar-refractivity contribution in [3.05, 3.63) is 59.4 Å². The summed E-state index contributed by atoms with van der Waals surface area (Å²) < 4.78 is 45.8. The number of para-hydroxylation sites is 1. The number of nitrogens with two attached hydrogens (primary N) is 1. The van der Waals surface area contributed by atoms with Crippen LogP contribution in [-0.2, 0) is 43.8 Å². The molecule has 3 N–H and O–H groups in total. The maximum atomic E-state index is 15.5. The molecule has 1 unspecified atom stereocenters. The van der Waals surface area contributed by atoms with E-state index in [1.54, 1.807) is 71.0 Å². The molecular weight excluding hydrogens is 666 g/mol. The Morgan fingerprint density at radius 1 is 1.10 bits per heavy atom. The summed E-state index contributed by atoms with van der Waals surface area (Å²) in [6, 6.07) is 10.3. The Hall–Kier alpha value is -4.47. The van der Waals surface area contributed by atoms with Crippen molar-refractivity contribution in [2.75, 3.05) is 32.2 Å². The summed E-state index contributed by atoms with van der Waals surface area (Å²) in [7, 11) is -2.48. The zero-order chi connectivity index (χ0) is 35.9. The van der Waals surface area contributed by atoms with E-state index in [0.29, 0.717) is 5.52 Å². The molecule has 0 saturated carbocycles. The first-order valence-electron chi connectivity index (χ1n) is 15.6. The first-order chi connectivity index (χ1) is 23.3. The predicted octanol–water partition coefficient (Wildman–Crippen LogP) is 3.57. The molecule has 18 heteroatoms. The van der Waals surface area contributed by atoms with Crippen LogP contribution in [0.5, 0.6) is 5.75 Å². The molecule has 5 atom stereocenters. The van der Waals surface area contributed by atoms with E-state index in [9.17, 15) is 19.3 Å². The zero-order valence-electron chi connectivity index (χ0n) is 28.0. The van der Waals surface area contributed by atoms with Gasteiger partial charge in [0, 0.05) is 0 Å². The Bertz CT molecular complexity index is 1650. The molecule has 1 aromatic carbocycles. The number of nitrogens with zero attached hydrogens (tertiary/aromatic N) is 4. The van der Waals surface area contributed by atoms with Gasteiger partial charge >= 0.3 is 26.4 Å². The molecule has 0 amide bonds. The number of rotatable bonds is 16. The first kappa shape index (κ1) is 37.4. The Balaban J connectivity index is 1.75. The summed E-state index contributed by atoms with van der Waals surface area (Å²) in [5.74, 6) is -3.14. The summed E-state index contributed by atoms with van der Waals surface area (Å²) in [5, 5.41) is 7.01. The zero-order valence-corrected chi connectivity index (χ0v) is 28.9. The van der Waals surface area contributed by atoms with Gasteiger partial charge in [0.05, 0.1) is 35.7 Å². The van der Waals surface area contributed by atoms with Gasteiger partial charge in [0.25, 0.3) is 4.69 Å². The Kier molecular flexibility index (Phi) is 12.1. The highest BCUT2D eigenvalue weighted by Gasteiger charge is 2.67. The molecule has 1 aliphatic heterocycles. The van der Waals surface area contributed by atoms with E-state index in [1.165, 1.54) is 23.8 Å². The van der Waals surface area contributed by atoms with E-state index in [-0.39, 0.29) is 28.6 Å². The number of hydrogen-bond donors (Lipinski definition) is 2. The summed E-state index contributed by atoms with van der Waals surface area (Å²) >= 11 is 0. The third-order valence-electron chi connectivity index (χ3n) is 7.52. The molecule has 3 heterocycles. The van der Waals surface area contributed by atoms with Crippen molar-refractivity contribution in [1.82, 2.24) is 19.7 Å². The highest BCUT2D eigenvalue weighted by atomic mass is 31.2. The van der Waals surface area contributed by atoms with Crippen molar-refractivity contribution in [2.24, 2.45) is 11.8 Å². The van der Waals surface area contributed by atoms with Gasteiger partial charge in [0.15, 0.2) is 17.5 Å². The monoisotopic (exact) mass is 707 g/mol. The molecule has 3 aromatic rings. The molecule has 2 aromatic heterocycles. The maximum Gasteiger partial charge on any atom is 0.596 e. The quantitative estimate of drug-likeness (QED) is 0.0949. The molecule has 1 saturated heterocycles. The number of nitrogen functional groups attached to an aromatic ring is 1. The lowest BCUT2D eigenvalue weighted by atomic mass is 9.85. The number of fused-ring (bicyclic) bond motifs is 1. The standard InChI is InChI=1S/C31H41FN6O10P/c1-7-43-28(41)21(6)36-49(48-22-11-9-8-10-12-22)38(42)45-16-30(15-32)29(46-26(39)19(2)3)31(17-44-30,47-27(40)20(4)5)24-14-13-23-25(33)34-18-35-37(23)24/h8-14,18-21,29,36H,7,15-17H2,1-6H3,(H2,33,34,35)/q+1/t21-,29+,30+,31+,49?/m0/s1. The highest BCUT2D eigenvalue weighted by molar-refractivity contribution is 7.43. The van der Waals surface area contributed by atoms with E-state index >= 15 is 4.39 Å². The smallest absolute Gasteiger partial charge is 0.465 e. The second-order valence-corrected chi connectivity index (χ2v) is 13.2. The summed E-state index contributed by atoms with van der Waals surface area (Å²) in [4.78, 5) is 62.0. The number of benzene rings is 1. The number of aromatic nitrogens is 3. The average molecular weight is 708 g/mol. The molecule has 4 rings (SSSR count). The molecule has 0 spiro atoms. The lowest BCUT2D eigenvalue weighted by Gasteiger charge is -2.37. The number of nitrogens with one attached hydrogen (secondary N) is 1. The van der Waals surface area contributed by atoms with E-state index in [2.05, 4.69) is 15.2 Å². The van der Waals surface area contributed by atoms with Crippen LogP contribution < -0.4 is 15.3 Å². The molecular formula is C31H41FN6O10P+. The van der Waals surface area contributed by atoms with Gasteiger partial charge in [-0.1, -0.05) is 45.9 Å². The van der Waals surface area contributed by atoms with Gasteiger partial charge in [-0.15, -0.1) is 0 Å². The summed E-state index contributed by atoms with van der Waals surface area (Å²) in [6.45, 7) is 6.79. The minimum atomic E-state index is -2.48. The topological polar surface area (TPSA) is 195 Å². The first-order valence-corrected chi connectivity index (χ1v) is 16.8. The average Bonchev–Trinajstić information content (AvgIpc) is 3.65. The van der Waals surface area contributed by atoms with Crippen LogP contribution in [0, 0.1) is 16.7 Å². The van der Waals surface area contributed by atoms with Gasteiger partial charge in [-0.2, -0.15) is 10.2 Å². The number of halogens is 1. The van der Waals surface area contributed by atoms with Crippen LogP contribution in [0.4, 0.5) is 10.2 Å². The molecule has 1 aliphatic rings. The largest absolute Gasteiger partial charge is 0.596 e. The number of alkyl halides is 1. The maximum absolute atomic E-state index is 15.5. The van der Waals surface area contributed by atoms with Gasteiger partial charge in [0.2, 0.25) is 12.2 Å². The van der Waals surface area contributed by atoms with Crippen LogP contribution >= 0.6 is 8.45 Å². The van der Waals surface area contributed by atoms with Crippen LogP contribution in [0.15, 0.2) is 48.8 Å². The van der Waals surface area contributed by atoms with E-state index in [4.69, 9.17) is 34.0 Å². The van der Waals surface area contributed by atoms with E-state index < -0.39 is 81.4 Å². The minimum absolute atomic E-state index is 0.0425. The fourth-order valence-electron chi connectivity index (χ4n) is 4.85. The number of esters is 3. The third kappa shape index (κ3) is 8.06. The van der Waals surface area contributed by atoms with Gasteiger partial charge in [-0.25, -0.2) is 18.7 Å². The second-order valence-electron chi connectivity index (χ2n) is 11.9. The van der Waals surface area contributed by atoms with Crippen LogP contribution in [0.2, 0.25) is 0 Å². The molecule has 0 aliphatic carbocycles. The number of ether oxygens (including phenoxy) is 4. The van der Waals surface area contributed by atoms with Crippen LogP contribution in [-0.4, -0.2) is 81.4 Å². The minimum Gasteiger partial charge on any atom is -0.465 e. The van der Waals surface area contributed by atoms with Gasteiger partial charge in [0.1, 0.15) is 30.3 Å². The number of anilines is 1. The van der Waals surface area contributed by atoms with Crippen molar-refractivity contribution >= 4 is 37.7 Å². The predicted molar refractivity (Wildman–Crippen MR) is 172 cm³/mol. The van der Waals surface area contributed by atoms with Crippen molar-refractivity contribution in [2.45, 2.75) is 64.9 Å². The van der Waals surface area contributed by atoms with Gasteiger partial charge in [-0.3, -0.25) is 14.4 Å². The molecule has 16 nitrogen and oxygen atoms in total. The molecule has 0 radical (unpaired) electrons. The Morgan fingerprint density at radius 2 is 1.80 bits per heavy atom. The molecule has 0 bridgehead atoms. The molecule has 49 heavy (non-hydrogen) atoms. The lowest BCUT2D eigenvalue weighted by Crippen LogP contribution is -2.57. The lowest BCUT2D eigenvalue weighted by molar-refractivity contribution is -0.702. The van der Waals surface area contributed by atoms with Gasteiger partial charge < -0.3 is 29.2 Å². The second kappa shape index (κ2) is 15.8. The molecule has 266 valence electrons. The molecule has 1 fully saturated rings. The summed E-state index contributed by atoms with van der Waals surface area (Å²) in [5.41, 5.74) is 2.34. The van der Waals surface area contributed by atoms with Crippen molar-refractivity contribution in [1.29, 1.82) is 0 Å². The fourth-order valence-corrected chi connectivity index (χ4v) is 5.99. The van der Waals surface area contributed by atoms with Crippen LogP contribution in [0.3, 0.4) is 0 Å². The van der Waals surface area contributed by atoms with Crippen molar-refractivity contribution < 1.29 is 51.8 Å². The Morgan fingerprint density at radius 3 is 2.43 bits per heavy atom. The van der Waals surface area contributed by atoms with Crippen molar-refractivity contribution in [3.8, 4) is 5.75 Å². The summed E-state index contributed by atoms with van der Waals surface area (Å²) in [6.07, 6.45) is -0.535. The normalized spacial score (nSPS) is 21.7. The van der Waals surface area contributed by atoms with Gasteiger partial charge in [-0.05, 0) is 38.1 Å². The number of hydrogen-bond acceptors (Lipinski definition) is 14. The SMILES string of the molecule is CCOC(=O)[C@H](C)NP(Oc1ccccc1)[N+](=O)OC[C@@]1(CF)OC[C@@](OC(=O)C(C)C)(c2ccc3c(N)ncnn23)[C@@H]1OC(=O)C(C)C. The van der Waals surface area contributed by atoms with Crippen molar-refractivity contribution in [3.63, 3.8) is 0 Å². The number of carbonyl (C=O) groups excluding carboxylic acids is 3. The van der Waals surface area contributed by atoms with E-state index in [0.717, 1.165) is 0 Å². The van der Waals surface area contributed by atoms with Crippen LogP contribution in [0.25, 0.3) is 5.52 Å². The van der Waals surface area contributed by atoms with E-state index in [1.807, 2.05) is 0 Å². The number of carbonyl (C=O) groups is 3. The third-order valence-corrected chi connectivity index (χ3v) is 8.93. The van der Waals surface area contributed by atoms with Crippen LogP contribution in [0.1, 0.15) is 47.2 Å². The highest BCUT2D eigenvalue weighted by Crippen LogP contribution is 2.48.